The highest BCUT2D eigenvalue weighted by atomic mass is 15.2. The van der Waals surface area contributed by atoms with Gasteiger partial charge in [-0.05, 0) is 49.7 Å². The van der Waals surface area contributed by atoms with Crippen molar-refractivity contribution < 1.29 is 0 Å². The highest BCUT2D eigenvalue weighted by Gasteiger charge is 2.40. The molecule has 2 rings (SSSR count). The molecule has 88 valence electrons. The zero-order valence-corrected chi connectivity index (χ0v) is 10.6. The van der Waals surface area contributed by atoms with Gasteiger partial charge in [-0.25, -0.2) is 0 Å². The van der Waals surface area contributed by atoms with Crippen LogP contribution in [-0.2, 0) is 0 Å². The highest BCUT2D eigenvalue weighted by Crippen LogP contribution is 2.36. The van der Waals surface area contributed by atoms with Gasteiger partial charge in [0.05, 0.1) is 0 Å². The van der Waals surface area contributed by atoms with Crippen molar-refractivity contribution in [1.29, 1.82) is 0 Å². The summed E-state index contributed by atoms with van der Waals surface area (Å²) in [5.74, 6) is 0. The first-order chi connectivity index (χ1) is 6.99. The van der Waals surface area contributed by atoms with Crippen molar-refractivity contribution in [3.05, 3.63) is 0 Å². The molecule has 2 heteroatoms. The number of hydrogen-bond donors (Lipinski definition) is 1. The quantitative estimate of drug-likeness (QED) is 0.751. The highest BCUT2D eigenvalue weighted by molar-refractivity contribution is 4.95. The third-order valence-corrected chi connectivity index (χ3v) is 4.03. The SMILES string of the molecule is CC(C)(C)CCN1CCC2(CCNC2)C1. The van der Waals surface area contributed by atoms with Gasteiger partial charge in [0, 0.05) is 13.1 Å². The first-order valence-electron chi connectivity index (χ1n) is 6.42. The van der Waals surface area contributed by atoms with Gasteiger partial charge in [-0.15, -0.1) is 0 Å². The first-order valence-corrected chi connectivity index (χ1v) is 6.42. The van der Waals surface area contributed by atoms with Gasteiger partial charge in [0.25, 0.3) is 0 Å². The molecule has 15 heavy (non-hydrogen) atoms. The number of likely N-dealkylation sites (tertiary alicyclic amines) is 1. The van der Waals surface area contributed by atoms with E-state index in [4.69, 9.17) is 0 Å². The number of hydrogen-bond acceptors (Lipinski definition) is 2. The third-order valence-electron chi connectivity index (χ3n) is 4.03. The number of nitrogens with one attached hydrogen (secondary N) is 1. The summed E-state index contributed by atoms with van der Waals surface area (Å²) in [7, 11) is 0. The molecule has 0 aliphatic carbocycles. The van der Waals surface area contributed by atoms with Crippen LogP contribution in [0.2, 0.25) is 0 Å². The molecule has 0 amide bonds. The molecule has 1 spiro atoms. The molecule has 0 bridgehead atoms. The van der Waals surface area contributed by atoms with E-state index in [0.717, 1.165) is 0 Å². The normalized spacial score (nSPS) is 33.0. The zero-order valence-electron chi connectivity index (χ0n) is 10.6. The Labute approximate surface area is 94.4 Å². The van der Waals surface area contributed by atoms with Crippen LogP contribution in [-0.4, -0.2) is 37.6 Å². The van der Waals surface area contributed by atoms with Gasteiger partial charge in [-0.1, -0.05) is 20.8 Å². The average Bonchev–Trinajstić information content (AvgIpc) is 2.73. The Hall–Kier alpha value is -0.0800. The Kier molecular flexibility index (Phi) is 3.09. The minimum absolute atomic E-state index is 0.490. The molecule has 2 nitrogen and oxygen atoms in total. The van der Waals surface area contributed by atoms with Crippen LogP contribution in [0.3, 0.4) is 0 Å². The van der Waals surface area contributed by atoms with E-state index in [1.165, 1.54) is 52.0 Å². The summed E-state index contributed by atoms with van der Waals surface area (Å²) in [6.07, 6.45) is 4.15. The maximum Gasteiger partial charge on any atom is 0.00511 e. The molecule has 1 atom stereocenters. The Morgan fingerprint density at radius 1 is 1.27 bits per heavy atom. The predicted molar refractivity (Wildman–Crippen MR) is 65.0 cm³/mol. The Balaban J connectivity index is 1.78. The molecule has 0 saturated carbocycles. The maximum atomic E-state index is 3.52. The van der Waals surface area contributed by atoms with Crippen molar-refractivity contribution in [1.82, 2.24) is 10.2 Å². The minimum atomic E-state index is 0.490. The largest absolute Gasteiger partial charge is 0.316 e. The summed E-state index contributed by atoms with van der Waals surface area (Å²) >= 11 is 0. The molecule has 2 heterocycles. The summed E-state index contributed by atoms with van der Waals surface area (Å²) < 4.78 is 0. The number of rotatable bonds is 2. The summed E-state index contributed by atoms with van der Waals surface area (Å²) in [5, 5.41) is 3.52. The van der Waals surface area contributed by atoms with Crippen LogP contribution in [0.25, 0.3) is 0 Å². The van der Waals surface area contributed by atoms with Crippen molar-refractivity contribution in [3.8, 4) is 0 Å². The maximum absolute atomic E-state index is 3.52. The first kappa shape index (κ1) is 11.4. The van der Waals surface area contributed by atoms with E-state index in [-0.39, 0.29) is 0 Å². The second-order valence-electron chi connectivity index (χ2n) is 6.76. The lowest BCUT2D eigenvalue weighted by Crippen LogP contribution is -2.31. The fourth-order valence-corrected chi connectivity index (χ4v) is 2.86. The molecule has 0 aromatic carbocycles. The molecule has 2 saturated heterocycles. The van der Waals surface area contributed by atoms with Crippen LogP contribution < -0.4 is 5.32 Å². The lowest BCUT2D eigenvalue weighted by molar-refractivity contribution is 0.236. The molecule has 2 fully saturated rings. The molecule has 0 aromatic heterocycles. The van der Waals surface area contributed by atoms with Gasteiger partial charge >= 0.3 is 0 Å². The van der Waals surface area contributed by atoms with E-state index in [1.807, 2.05) is 0 Å². The lowest BCUT2D eigenvalue weighted by Gasteiger charge is -2.25. The molecule has 1 N–H and O–H groups in total. The van der Waals surface area contributed by atoms with Crippen LogP contribution in [0.4, 0.5) is 0 Å². The van der Waals surface area contributed by atoms with E-state index >= 15 is 0 Å². The molecular formula is C13H26N2. The van der Waals surface area contributed by atoms with Crippen molar-refractivity contribution in [2.24, 2.45) is 10.8 Å². The van der Waals surface area contributed by atoms with Gasteiger partial charge in [0.1, 0.15) is 0 Å². The van der Waals surface area contributed by atoms with Gasteiger partial charge in [0.2, 0.25) is 0 Å². The summed E-state index contributed by atoms with van der Waals surface area (Å²) in [4.78, 5) is 2.68. The zero-order chi connectivity index (χ0) is 10.9. The van der Waals surface area contributed by atoms with Crippen molar-refractivity contribution >= 4 is 0 Å². The molecular weight excluding hydrogens is 184 g/mol. The second-order valence-corrected chi connectivity index (χ2v) is 6.76. The smallest absolute Gasteiger partial charge is 0.00511 e. The van der Waals surface area contributed by atoms with Gasteiger partial charge in [0.15, 0.2) is 0 Å². The summed E-state index contributed by atoms with van der Waals surface area (Å²) in [5.41, 5.74) is 1.14. The molecule has 0 radical (unpaired) electrons. The van der Waals surface area contributed by atoms with Gasteiger partial charge < -0.3 is 10.2 Å². The van der Waals surface area contributed by atoms with Gasteiger partial charge in [-0.2, -0.15) is 0 Å². The molecule has 1 unspecified atom stereocenters. The Bertz CT molecular complexity index is 211. The van der Waals surface area contributed by atoms with E-state index in [0.29, 0.717) is 10.8 Å². The van der Waals surface area contributed by atoms with Crippen LogP contribution in [0.5, 0.6) is 0 Å². The number of nitrogens with zero attached hydrogens (tertiary/aromatic N) is 1. The predicted octanol–water partition coefficient (Wildman–Crippen LogP) is 2.11. The van der Waals surface area contributed by atoms with E-state index in [9.17, 15) is 0 Å². The van der Waals surface area contributed by atoms with Crippen LogP contribution in [0, 0.1) is 10.8 Å². The van der Waals surface area contributed by atoms with Crippen molar-refractivity contribution in [2.45, 2.75) is 40.0 Å². The third kappa shape index (κ3) is 2.94. The molecule has 0 aromatic rings. The standard InChI is InChI=1S/C13H26N2/c1-12(2,3)5-8-15-9-6-13(11-15)4-7-14-10-13/h14H,4-11H2,1-3H3. The van der Waals surface area contributed by atoms with E-state index in [1.54, 1.807) is 0 Å². The van der Waals surface area contributed by atoms with Crippen LogP contribution in [0.15, 0.2) is 0 Å². The van der Waals surface area contributed by atoms with Crippen molar-refractivity contribution in [2.75, 3.05) is 32.7 Å². The molecule has 2 aliphatic rings. The fraction of sp³-hybridized carbons (Fsp3) is 1.00. The fourth-order valence-electron chi connectivity index (χ4n) is 2.86. The second kappa shape index (κ2) is 4.06. The van der Waals surface area contributed by atoms with Crippen LogP contribution in [0.1, 0.15) is 40.0 Å². The topological polar surface area (TPSA) is 15.3 Å². The molecule has 2 aliphatic heterocycles. The Morgan fingerprint density at radius 2 is 2.07 bits per heavy atom. The summed E-state index contributed by atoms with van der Waals surface area (Å²) in [6, 6.07) is 0. The van der Waals surface area contributed by atoms with E-state index in [2.05, 4.69) is 31.0 Å². The average molecular weight is 210 g/mol. The summed E-state index contributed by atoms with van der Waals surface area (Å²) in [6.45, 7) is 13.5. The van der Waals surface area contributed by atoms with Crippen molar-refractivity contribution in [3.63, 3.8) is 0 Å². The van der Waals surface area contributed by atoms with E-state index < -0.39 is 0 Å². The van der Waals surface area contributed by atoms with Gasteiger partial charge in [-0.3, -0.25) is 0 Å². The van der Waals surface area contributed by atoms with Crippen LogP contribution >= 0.6 is 0 Å². The lowest BCUT2D eigenvalue weighted by atomic mass is 9.86. The monoisotopic (exact) mass is 210 g/mol. The minimum Gasteiger partial charge on any atom is -0.316 e. The Morgan fingerprint density at radius 3 is 2.67 bits per heavy atom.